The molecule has 0 amide bonds. The smallest absolute Gasteiger partial charge is 0.160 e. The second-order valence-corrected chi connectivity index (χ2v) is 4.06. The normalized spacial score (nSPS) is 20.7. The number of aromatic nitrogens is 3. The van der Waals surface area contributed by atoms with Gasteiger partial charge in [-0.3, -0.25) is 0 Å². The van der Waals surface area contributed by atoms with Crippen molar-refractivity contribution in [3.05, 3.63) is 24.2 Å². The van der Waals surface area contributed by atoms with Crippen LogP contribution in [0, 0.1) is 0 Å². The molecule has 16 heavy (non-hydrogen) atoms. The molecule has 0 radical (unpaired) electrons. The average Bonchev–Trinajstić information content (AvgIpc) is 2.95. The summed E-state index contributed by atoms with van der Waals surface area (Å²) in [5, 5.41) is 0. The van der Waals surface area contributed by atoms with Crippen LogP contribution in [0.1, 0.15) is 31.7 Å². The lowest BCUT2D eigenvalue weighted by atomic mass is 10.2. The first-order valence-electron chi connectivity index (χ1n) is 5.83. The van der Waals surface area contributed by atoms with Crippen LogP contribution in [0.25, 0.3) is 11.2 Å². The maximum atomic E-state index is 5.70. The molecule has 1 saturated heterocycles. The zero-order chi connectivity index (χ0) is 11.0. The fraction of sp³-hybridized carbons (Fsp3) is 0.500. The quantitative estimate of drug-likeness (QED) is 0.775. The highest BCUT2D eigenvalue weighted by molar-refractivity contribution is 5.71. The van der Waals surface area contributed by atoms with Gasteiger partial charge in [-0.1, -0.05) is 0 Å². The van der Waals surface area contributed by atoms with E-state index in [1.165, 1.54) is 0 Å². The lowest BCUT2D eigenvalue weighted by molar-refractivity contribution is 0.102. The molecule has 3 heterocycles. The Balaban J connectivity index is 2.15. The molecule has 0 saturated carbocycles. The molecular weight excluding hydrogens is 202 g/mol. The fourth-order valence-electron chi connectivity index (χ4n) is 2.31. The first-order chi connectivity index (χ1) is 7.90. The Kier molecular flexibility index (Phi) is 2.36. The van der Waals surface area contributed by atoms with Gasteiger partial charge in [0.05, 0.1) is 0 Å². The van der Waals surface area contributed by atoms with Crippen LogP contribution in [-0.4, -0.2) is 21.1 Å². The van der Waals surface area contributed by atoms with E-state index in [-0.39, 0.29) is 6.10 Å². The highest BCUT2D eigenvalue weighted by Crippen LogP contribution is 2.29. The Hall–Kier alpha value is -1.42. The van der Waals surface area contributed by atoms with E-state index in [9.17, 15) is 0 Å². The monoisotopic (exact) mass is 217 g/mol. The van der Waals surface area contributed by atoms with Crippen molar-refractivity contribution < 1.29 is 4.74 Å². The van der Waals surface area contributed by atoms with E-state index in [1.54, 1.807) is 0 Å². The first-order valence-corrected chi connectivity index (χ1v) is 5.83. The minimum absolute atomic E-state index is 0.161. The summed E-state index contributed by atoms with van der Waals surface area (Å²) < 4.78 is 7.86. The Bertz CT molecular complexity index is 500. The van der Waals surface area contributed by atoms with Crippen LogP contribution in [0.3, 0.4) is 0 Å². The molecule has 1 unspecified atom stereocenters. The van der Waals surface area contributed by atoms with Crippen LogP contribution in [0.2, 0.25) is 0 Å². The van der Waals surface area contributed by atoms with Gasteiger partial charge >= 0.3 is 0 Å². The second-order valence-electron chi connectivity index (χ2n) is 4.06. The molecule has 4 heteroatoms. The van der Waals surface area contributed by atoms with Crippen molar-refractivity contribution in [2.24, 2.45) is 0 Å². The molecule has 0 bridgehead atoms. The molecular formula is C12H15N3O. The summed E-state index contributed by atoms with van der Waals surface area (Å²) >= 11 is 0. The summed E-state index contributed by atoms with van der Waals surface area (Å²) in [7, 11) is 0. The maximum Gasteiger partial charge on any atom is 0.160 e. The molecule has 0 aliphatic carbocycles. The Labute approximate surface area is 94.3 Å². The van der Waals surface area contributed by atoms with Gasteiger partial charge in [0.2, 0.25) is 0 Å². The summed E-state index contributed by atoms with van der Waals surface area (Å²) in [5.74, 6) is 1.04. The van der Waals surface area contributed by atoms with Gasteiger partial charge in [0.15, 0.2) is 5.65 Å². The molecule has 1 aliphatic rings. The van der Waals surface area contributed by atoms with E-state index in [4.69, 9.17) is 4.74 Å². The van der Waals surface area contributed by atoms with Crippen LogP contribution < -0.4 is 0 Å². The minimum Gasteiger partial charge on any atom is -0.370 e. The van der Waals surface area contributed by atoms with Crippen molar-refractivity contribution in [3.63, 3.8) is 0 Å². The fourth-order valence-corrected chi connectivity index (χ4v) is 2.31. The van der Waals surface area contributed by atoms with Crippen molar-refractivity contribution in [2.75, 3.05) is 6.61 Å². The minimum atomic E-state index is 0.161. The second kappa shape index (κ2) is 3.87. The largest absolute Gasteiger partial charge is 0.370 e. The average molecular weight is 217 g/mol. The van der Waals surface area contributed by atoms with Gasteiger partial charge in [-0.15, -0.1) is 0 Å². The van der Waals surface area contributed by atoms with E-state index < -0.39 is 0 Å². The maximum absolute atomic E-state index is 5.70. The summed E-state index contributed by atoms with van der Waals surface area (Å²) in [6.45, 7) is 3.86. The third-order valence-electron chi connectivity index (χ3n) is 3.07. The molecule has 1 aliphatic heterocycles. The van der Waals surface area contributed by atoms with Crippen LogP contribution in [0.4, 0.5) is 0 Å². The van der Waals surface area contributed by atoms with Gasteiger partial charge < -0.3 is 9.30 Å². The molecule has 0 spiro atoms. The number of hydrogen-bond donors (Lipinski definition) is 0. The van der Waals surface area contributed by atoms with Crippen LogP contribution in [0.5, 0.6) is 0 Å². The van der Waals surface area contributed by atoms with Crippen molar-refractivity contribution in [1.29, 1.82) is 0 Å². The van der Waals surface area contributed by atoms with E-state index in [2.05, 4.69) is 21.5 Å². The number of aryl methyl sites for hydroxylation is 1. The molecule has 2 aromatic heterocycles. The van der Waals surface area contributed by atoms with E-state index in [0.29, 0.717) is 0 Å². The molecule has 1 atom stereocenters. The number of rotatable bonds is 2. The zero-order valence-corrected chi connectivity index (χ0v) is 9.39. The number of pyridine rings is 1. The number of nitrogens with zero attached hydrogens (tertiary/aromatic N) is 3. The highest BCUT2D eigenvalue weighted by Gasteiger charge is 2.24. The number of imidazole rings is 1. The van der Waals surface area contributed by atoms with Crippen molar-refractivity contribution >= 4 is 11.2 Å². The zero-order valence-electron chi connectivity index (χ0n) is 9.39. The standard InChI is InChI=1S/C12H15N3O/c1-2-15-11-9(5-3-7-13-11)14-12(15)10-6-4-8-16-10/h3,5,7,10H,2,4,6,8H2,1H3. The molecule has 4 nitrogen and oxygen atoms in total. The van der Waals surface area contributed by atoms with Crippen LogP contribution in [0.15, 0.2) is 18.3 Å². The molecule has 3 rings (SSSR count). The number of fused-ring (bicyclic) bond motifs is 1. The highest BCUT2D eigenvalue weighted by atomic mass is 16.5. The molecule has 2 aromatic rings. The predicted molar refractivity (Wildman–Crippen MR) is 61.1 cm³/mol. The van der Waals surface area contributed by atoms with Crippen molar-refractivity contribution in [3.8, 4) is 0 Å². The van der Waals surface area contributed by atoms with Gasteiger partial charge in [-0.05, 0) is 31.9 Å². The van der Waals surface area contributed by atoms with Gasteiger partial charge in [0, 0.05) is 19.3 Å². The lowest BCUT2D eigenvalue weighted by Crippen LogP contribution is -2.07. The number of ether oxygens (including phenoxy) is 1. The number of hydrogen-bond acceptors (Lipinski definition) is 3. The van der Waals surface area contributed by atoms with Crippen LogP contribution in [-0.2, 0) is 11.3 Å². The SMILES string of the molecule is CCn1c(C2CCCO2)nc2cccnc21. The third kappa shape index (κ3) is 1.41. The molecule has 0 N–H and O–H groups in total. The van der Waals surface area contributed by atoms with E-state index >= 15 is 0 Å². The Morgan fingerprint density at radius 2 is 2.50 bits per heavy atom. The first kappa shape index (κ1) is 9.78. The summed E-state index contributed by atoms with van der Waals surface area (Å²) in [6, 6.07) is 3.93. The van der Waals surface area contributed by atoms with E-state index in [0.717, 1.165) is 43.0 Å². The lowest BCUT2D eigenvalue weighted by Gasteiger charge is -2.10. The van der Waals surface area contributed by atoms with Crippen molar-refractivity contribution in [1.82, 2.24) is 14.5 Å². The molecule has 0 aromatic carbocycles. The summed E-state index contributed by atoms with van der Waals surface area (Å²) in [4.78, 5) is 9.03. The van der Waals surface area contributed by atoms with Gasteiger partial charge in [0.1, 0.15) is 17.4 Å². The Morgan fingerprint density at radius 1 is 1.56 bits per heavy atom. The van der Waals surface area contributed by atoms with Crippen molar-refractivity contribution in [2.45, 2.75) is 32.4 Å². The topological polar surface area (TPSA) is 39.9 Å². The van der Waals surface area contributed by atoms with Crippen LogP contribution >= 0.6 is 0 Å². The summed E-state index contributed by atoms with van der Waals surface area (Å²) in [5.41, 5.74) is 1.94. The summed E-state index contributed by atoms with van der Waals surface area (Å²) in [6.07, 6.45) is 4.18. The van der Waals surface area contributed by atoms with Gasteiger partial charge in [-0.2, -0.15) is 0 Å². The predicted octanol–water partition coefficient (Wildman–Crippen LogP) is 2.30. The van der Waals surface area contributed by atoms with Gasteiger partial charge in [0.25, 0.3) is 0 Å². The molecule has 84 valence electrons. The Morgan fingerprint density at radius 3 is 3.25 bits per heavy atom. The molecule has 1 fully saturated rings. The van der Waals surface area contributed by atoms with Gasteiger partial charge in [-0.25, -0.2) is 9.97 Å². The third-order valence-corrected chi connectivity index (χ3v) is 3.07. The van der Waals surface area contributed by atoms with E-state index in [1.807, 2.05) is 18.3 Å².